The minimum atomic E-state index is -4.45. The van der Waals surface area contributed by atoms with Gasteiger partial charge in [-0.3, -0.25) is 0 Å². The average Bonchev–Trinajstić information content (AvgIpc) is 2.36. The number of alkyl halides is 4. The second kappa shape index (κ2) is 6.37. The topological polar surface area (TPSA) is 0 Å². The van der Waals surface area contributed by atoms with Crippen molar-refractivity contribution in [2.45, 2.75) is 11.5 Å². The summed E-state index contributed by atoms with van der Waals surface area (Å²) in [5, 5.41) is 1.01. The number of hydrogen-bond donors (Lipinski definition) is 0. The van der Waals surface area contributed by atoms with Crippen LogP contribution >= 0.6 is 50.7 Å². The Hall–Kier alpha value is -0.420. The zero-order valence-electron chi connectivity index (χ0n) is 10.2. The molecule has 0 heterocycles. The van der Waals surface area contributed by atoms with Crippen molar-refractivity contribution >= 4 is 50.7 Å². The molecule has 7 heteroatoms. The highest BCUT2D eigenvalue weighted by atomic mass is 79.9. The zero-order valence-corrected chi connectivity index (χ0v) is 14.1. The lowest BCUT2D eigenvalue weighted by molar-refractivity contribution is -0.137. The fraction of sp³-hybridized carbons (Fsp3) is 0.143. The van der Waals surface area contributed by atoms with E-state index in [0.29, 0.717) is 21.7 Å². The highest BCUT2D eigenvalue weighted by Crippen LogP contribution is 2.40. The van der Waals surface area contributed by atoms with Gasteiger partial charge in [-0.05, 0) is 35.4 Å². The molecular weight excluding hydrogens is 411 g/mol. The summed E-state index contributed by atoms with van der Waals surface area (Å²) in [5.41, 5.74) is 0.348. The van der Waals surface area contributed by atoms with Gasteiger partial charge in [-0.2, -0.15) is 13.2 Å². The van der Waals surface area contributed by atoms with Crippen molar-refractivity contribution in [3.05, 3.63) is 56.5 Å². The van der Waals surface area contributed by atoms with Crippen molar-refractivity contribution in [3.8, 4) is 11.1 Å². The van der Waals surface area contributed by atoms with Crippen molar-refractivity contribution in [1.82, 2.24) is 0 Å². The first kappa shape index (κ1) is 16.9. The molecule has 0 unspecified atom stereocenters. The Kier molecular flexibility index (Phi) is 5.14. The molecule has 21 heavy (non-hydrogen) atoms. The number of hydrogen-bond acceptors (Lipinski definition) is 0. The van der Waals surface area contributed by atoms with Crippen LogP contribution in [0.2, 0.25) is 15.1 Å². The molecule has 0 saturated carbocycles. The van der Waals surface area contributed by atoms with E-state index in [9.17, 15) is 13.2 Å². The van der Waals surface area contributed by atoms with Gasteiger partial charge in [0.2, 0.25) is 0 Å². The smallest absolute Gasteiger partial charge is 0.166 e. The van der Waals surface area contributed by atoms with E-state index in [4.69, 9.17) is 34.8 Å². The van der Waals surface area contributed by atoms with Crippen molar-refractivity contribution in [2.75, 3.05) is 0 Å². The Morgan fingerprint density at radius 1 is 0.905 bits per heavy atom. The molecule has 2 rings (SSSR count). The molecule has 0 saturated heterocycles. The maximum absolute atomic E-state index is 13.0. The molecule has 0 bridgehead atoms. The van der Waals surface area contributed by atoms with Gasteiger partial charge in [0, 0.05) is 15.9 Å². The van der Waals surface area contributed by atoms with E-state index < -0.39 is 11.7 Å². The van der Waals surface area contributed by atoms with Gasteiger partial charge in [0.25, 0.3) is 0 Å². The summed E-state index contributed by atoms with van der Waals surface area (Å²) in [6.45, 7) is 0. The maximum atomic E-state index is 13.0. The molecule has 0 spiro atoms. The highest BCUT2D eigenvalue weighted by molar-refractivity contribution is 9.08. The minimum absolute atomic E-state index is 0.201. The van der Waals surface area contributed by atoms with Gasteiger partial charge in [-0.1, -0.05) is 56.8 Å². The summed E-state index contributed by atoms with van der Waals surface area (Å²) in [6.07, 6.45) is -4.45. The molecule has 0 atom stereocenters. The standard InChI is InChI=1S/C14H7BrCl3F3/c15-6-7-1-8(3-9(2-7)14(19,20)21)13-11(17)4-10(16)5-12(13)18/h1-5H,6H2. The van der Waals surface area contributed by atoms with Crippen LogP contribution in [0.3, 0.4) is 0 Å². The second-order valence-electron chi connectivity index (χ2n) is 4.29. The van der Waals surface area contributed by atoms with E-state index in [1.807, 2.05) is 0 Å². The van der Waals surface area contributed by atoms with Crippen LogP contribution < -0.4 is 0 Å². The minimum Gasteiger partial charge on any atom is -0.166 e. The van der Waals surface area contributed by atoms with Crippen LogP contribution in [-0.4, -0.2) is 0 Å². The maximum Gasteiger partial charge on any atom is 0.416 e. The van der Waals surface area contributed by atoms with Crippen LogP contribution in [0.15, 0.2) is 30.3 Å². The van der Waals surface area contributed by atoms with Crippen LogP contribution in [-0.2, 0) is 11.5 Å². The third-order valence-corrected chi connectivity index (χ3v) is 4.23. The molecule has 0 amide bonds. The summed E-state index contributed by atoms with van der Waals surface area (Å²) in [4.78, 5) is 0. The van der Waals surface area contributed by atoms with Crippen LogP contribution in [0.4, 0.5) is 13.2 Å². The molecule has 0 aliphatic rings. The fourth-order valence-corrected chi connectivity index (χ4v) is 3.25. The molecule has 0 N–H and O–H groups in total. The third kappa shape index (κ3) is 3.86. The van der Waals surface area contributed by atoms with Gasteiger partial charge < -0.3 is 0 Å². The van der Waals surface area contributed by atoms with E-state index in [2.05, 4.69) is 15.9 Å². The molecule has 0 aliphatic heterocycles. The van der Waals surface area contributed by atoms with Gasteiger partial charge in [0.15, 0.2) is 0 Å². The first-order valence-corrected chi connectivity index (χ1v) is 7.90. The summed E-state index contributed by atoms with van der Waals surface area (Å²) < 4.78 is 38.9. The Bertz CT molecular complexity index is 661. The molecule has 0 nitrogen and oxygen atoms in total. The lowest BCUT2D eigenvalue weighted by Crippen LogP contribution is -2.06. The highest BCUT2D eigenvalue weighted by Gasteiger charge is 2.31. The third-order valence-electron chi connectivity index (χ3n) is 2.77. The number of benzene rings is 2. The summed E-state index contributed by atoms with van der Waals surface area (Å²) >= 11 is 21.1. The Balaban J connectivity index is 2.70. The quantitative estimate of drug-likeness (QED) is 0.452. The predicted molar refractivity (Wildman–Crippen MR) is 84.5 cm³/mol. The lowest BCUT2D eigenvalue weighted by Gasteiger charge is -2.14. The van der Waals surface area contributed by atoms with E-state index in [0.717, 1.165) is 12.1 Å². The first-order valence-electron chi connectivity index (χ1n) is 5.64. The van der Waals surface area contributed by atoms with E-state index >= 15 is 0 Å². The summed E-state index contributed by atoms with van der Waals surface area (Å²) in [7, 11) is 0. The molecule has 2 aromatic rings. The Morgan fingerprint density at radius 3 is 1.95 bits per heavy atom. The van der Waals surface area contributed by atoms with Crippen LogP contribution in [0.1, 0.15) is 11.1 Å². The average molecular weight is 418 g/mol. The van der Waals surface area contributed by atoms with Gasteiger partial charge in [0.05, 0.1) is 15.6 Å². The van der Waals surface area contributed by atoms with E-state index in [-0.39, 0.29) is 15.4 Å². The van der Waals surface area contributed by atoms with Gasteiger partial charge in [0.1, 0.15) is 0 Å². The van der Waals surface area contributed by atoms with Gasteiger partial charge in [-0.25, -0.2) is 0 Å². The molecule has 2 aromatic carbocycles. The van der Waals surface area contributed by atoms with Crippen LogP contribution in [0, 0.1) is 0 Å². The van der Waals surface area contributed by atoms with Crippen LogP contribution in [0.25, 0.3) is 11.1 Å². The normalized spacial score (nSPS) is 11.8. The second-order valence-corrected chi connectivity index (χ2v) is 6.11. The molecule has 0 aromatic heterocycles. The first-order chi connectivity index (χ1) is 9.72. The largest absolute Gasteiger partial charge is 0.416 e. The molecule has 0 aliphatic carbocycles. The zero-order chi connectivity index (χ0) is 15.8. The number of rotatable bonds is 2. The molecular formula is C14H7BrCl3F3. The monoisotopic (exact) mass is 416 g/mol. The van der Waals surface area contributed by atoms with E-state index in [1.54, 1.807) is 6.07 Å². The van der Waals surface area contributed by atoms with Crippen molar-refractivity contribution in [3.63, 3.8) is 0 Å². The molecule has 0 radical (unpaired) electrons. The Labute approximate surface area is 142 Å². The Morgan fingerprint density at radius 2 is 1.48 bits per heavy atom. The predicted octanol–water partition coefficient (Wildman–Crippen LogP) is 7.23. The molecule has 112 valence electrons. The van der Waals surface area contributed by atoms with Crippen LogP contribution in [0.5, 0.6) is 0 Å². The summed E-state index contributed by atoms with van der Waals surface area (Å²) in [5.74, 6) is 0. The van der Waals surface area contributed by atoms with Crippen molar-refractivity contribution < 1.29 is 13.2 Å². The van der Waals surface area contributed by atoms with E-state index in [1.165, 1.54) is 12.1 Å². The van der Waals surface area contributed by atoms with Crippen molar-refractivity contribution in [1.29, 1.82) is 0 Å². The van der Waals surface area contributed by atoms with Crippen molar-refractivity contribution in [2.24, 2.45) is 0 Å². The fourth-order valence-electron chi connectivity index (χ4n) is 1.90. The van der Waals surface area contributed by atoms with Gasteiger partial charge >= 0.3 is 6.18 Å². The molecule has 0 fully saturated rings. The SMILES string of the molecule is FC(F)(F)c1cc(CBr)cc(-c2c(Cl)cc(Cl)cc2Cl)c1. The summed E-state index contributed by atoms with van der Waals surface area (Å²) in [6, 6.07) is 6.59. The lowest BCUT2D eigenvalue weighted by atomic mass is 10.00. The van der Waals surface area contributed by atoms with Gasteiger partial charge in [-0.15, -0.1) is 0 Å². The number of halogens is 7.